The molecule has 0 radical (unpaired) electrons. The summed E-state index contributed by atoms with van der Waals surface area (Å²) in [5.74, 6) is 0.726. The Morgan fingerprint density at radius 2 is 1.60 bits per heavy atom. The summed E-state index contributed by atoms with van der Waals surface area (Å²) < 4.78 is 56.0. The Bertz CT molecular complexity index is 1450. The zero-order chi connectivity index (χ0) is 28.1. The molecule has 0 bridgehead atoms. The van der Waals surface area contributed by atoms with E-state index < -0.39 is 11.7 Å². The van der Waals surface area contributed by atoms with E-state index in [1.807, 2.05) is 35.2 Å². The van der Waals surface area contributed by atoms with E-state index in [-0.39, 0.29) is 11.7 Å². The lowest BCUT2D eigenvalue weighted by Crippen LogP contribution is -2.49. The van der Waals surface area contributed by atoms with Gasteiger partial charge in [0.05, 0.1) is 16.9 Å². The highest BCUT2D eigenvalue weighted by atomic mass is 32.2. The number of amides is 1. The van der Waals surface area contributed by atoms with Crippen LogP contribution in [0.15, 0.2) is 84.0 Å². The normalized spacial score (nSPS) is 14.0. The van der Waals surface area contributed by atoms with Gasteiger partial charge in [0.1, 0.15) is 5.82 Å². The number of benzene rings is 3. The van der Waals surface area contributed by atoms with E-state index in [1.54, 1.807) is 33.7 Å². The molecule has 5 rings (SSSR count). The second-order valence-corrected chi connectivity index (χ2v) is 10.4. The number of nitrogens with zero attached hydrogens (tertiary/aromatic N) is 5. The quantitative estimate of drug-likeness (QED) is 0.141. The third kappa shape index (κ3) is 6.30. The van der Waals surface area contributed by atoms with E-state index in [0.717, 1.165) is 17.7 Å². The molecule has 208 valence electrons. The lowest BCUT2D eigenvalue weighted by molar-refractivity contribution is -0.137. The van der Waals surface area contributed by atoms with Crippen LogP contribution in [0.5, 0.6) is 0 Å². The van der Waals surface area contributed by atoms with Gasteiger partial charge < -0.3 is 9.80 Å². The molecule has 0 unspecified atom stereocenters. The van der Waals surface area contributed by atoms with Crippen LogP contribution < -0.4 is 4.90 Å². The fraction of sp³-hybridized carbons (Fsp3) is 0.276. The molecular formula is C29H27F4N5OS. The van der Waals surface area contributed by atoms with Crippen LogP contribution in [-0.2, 0) is 11.0 Å². The molecule has 1 fully saturated rings. The monoisotopic (exact) mass is 569 g/mol. The number of halogens is 4. The van der Waals surface area contributed by atoms with E-state index in [0.29, 0.717) is 67.1 Å². The number of carbonyl (C=O) groups is 1. The maximum Gasteiger partial charge on any atom is 0.416 e. The highest BCUT2D eigenvalue weighted by molar-refractivity contribution is 7.99. The fourth-order valence-corrected chi connectivity index (χ4v) is 5.53. The van der Waals surface area contributed by atoms with Gasteiger partial charge in [0, 0.05) is 43.9 Å². The maximum absolute atomic E-state index is 14.1. The molecule has 0 atom stereocenters. The standard InChI is InChI=1S/C29H27F4N5OS/c30-24-12-4-5-13-25(24)36-15-17-37(18-16-36)26(39)14-7-19-40-28-35-34-27(21-8-2-1-3-9-21)38(28)23-11-6-10-22(20-23)29(31,32)33/h1-6,8-13,20H,7,14-19H2. The summed E-state index contributed by atoms with van der Waals surface area (Å²) in [5.41, 5.74) is 0.828. The first-order chi connectivity index (χ1) is 19.3. The average Bonchev–Trinajstić information content (AvgIpc) is 3.39. The minimum Gasteiger partial charge on any atom is -0.366 e. The Hall–Kier alpha value is -3.86. The van der Waals surface area contributed by atoms with Crippen LogP contribution in [0.1, 0.15) is 18.4 Å². The van der Waals surface area contributed by atoms with Crippen LogP contribution >= 0.6 is 11.8 Å². The smallest absolute Gasteiger partial charge is 0.366 e. The molecule has 0 N–H and O–H groups in total. The van der Waals surface area contributed by atoms with Gasteiger partial charge >= 0.3 is 6.18 Å². The van der Waals surface area contributed by atoms with Crippen LogP contribution in [0.2, 0.25) is 0 Å². The van der Waals surface area contributed by atoms with Gasteiger partial charge in [-0.15, -0.1) is 10.2 Å². The molecule has 1 aliphatic rings. The van der Waals surface area contributed by atoms with Crippen LogP contribution in [0, 0.1) is 5.82 Å². The van der Waals surface area contributed by atoms with Crippen molar-refractivity contribution in [3.05, 3.63) is 90.2 Å². The minimum atomic E-state index is -4.48. The molecule has 1 aromatic heterocycles. The predicted molar refractivity (Wildman–Crippen MR) is 147 cm³/mol. The molecule has 1 saturated heterocycles. The van der Waals surface area contributed by atoms with Gasteiger partial charge in [-0.2, -0.15) is 13.2 Å². The van der Waals surface area contributed by atoms with Gasteiger partial charge in [0.2, 0.25) is 5.91 Å². The van der Waals surface area contributed by atoms with Gasteiger partial charge in [0.25, 0.3) is 0 Å². The number of piperazine rings is 1. The zero-order valence-electron chi connectivity index (χ0n) is 21.5. The minimum absolute atomic E-state index is 0.0260. The number of hydrogen-bond donors (Lipinski definition) is 0. The van der Waals surface area contributed by atoms with E-state index in [2.05, 4.69) is 10.2 Å². The fourth-order valence-electron chi connectivity index (χ4n) is 4.64. The lowest BCUT2D eigenvalue weighted by Gasteiger charge is -2.36. The lowest BCUT2D eigenvalue weighted by atomic mass is 10.1. The number of anilines is 1. The van der Waals surface area contributed by atoms with Crippen LogP contribution in [0.25, 0.3) is 17.1 Å². The highest BCUT2D eigenvalue weighted by Crippen LogP contribution is 2.33. The van der Waals surface area contributed by atoms with Crippen molar-refractivity contribution in [3.8, 4) is 17.1 Å². The zero-order valence-corrected chi connectivity index (χ0v) is 22.3. The molecule has 0 spiro atoms. The van der Waals surface area contributed by atoms with E-state index in [4.69, 9.17) is 0 Å². The number of carbonyl (C=O) groups excluding carboxylic acids is 1. The van der Waals surface area contributed by atoms with E-state index in [9.17, 15) is 22.4 Å². The Kier molecular flexibility index (Phi) is 8.39. The predicted octanol–water partition coefficient (Wildman–Crippen LogP) is 6.31. The summed E-state index contributed by atoms with van der Waals surface area (Å²) in [6.07, 6.45) is -3.59. The summed E-state index contributed by atoms with van der Waals surface area (Å²) in [4.78, 5) is 16.5. The van der Waals surface area contributed by atoms with Crippen molar-refractivity contribution in [1.82, 2.24) is 19.7 Å². The third-order valence-electron chi connectivity index (χ3n) is 6.69. The van der Waals surface area contributed by atoms with E-state index >= 15 is 0 Å². The topological polar surface area (TPSA) is 54.3 Å². The molecule has 4 aromatic rings. The van der Waals surface area contributed by atoms with Gasteiger partial charge in [0.15, 0.2) is 11.0 Å². The molecule has 6 nitrogen and oxygen atoms in total. The van der Waals surface area contributed by atoms with Crippen molar-refractivity contribution in [1.29, 1.82) is 0 Å². The molecule has 3 aromatic carbocycles. The number of thioether (sulfide) groups is 1. The van der Waals surface area contributed by atoms with Gasteiger partial charge in [-0.1, -0.05) is 60.3 Å². The van der Waals surface area contributed by atoms with Crippen molar-refractivity contribution >= 4 is 23.4 Å². The molecular weight excluding hydrogens is 542 g/mol. The SMILES string of the molecule is O=C(CCCSc1nnc(-c2ccccc2)n1-c1cccc(C(F)(F)F)c1)N1CCN(c2ccccc2F)CC1. The van der Waals surface area contributed by atoms with Gasteiger partial charge in [-0.05, 0) is 36.8 Å². The van der Waals surface area contributed by atoms with Crippen LogP contribution in [-0.4, -0.2) is 57.5 Å². The van der Waals surface area contributed by atoms with Crippen LogP contribution in [0.4, 0.5) is 23.2 Å². The second kappa shape index (κ2) is 12.1. The summed E-state index contributed by atoms with van der Waals surface area (Å²) in [6.45, 7) is 2.16. The molecule has 0 aliphatic carbocycles. The Labute approximate surface area is 233 Å². The highest BCUT2D eigenvalue weighted by Gasteiger charge is 2.31. The molecule has 1 aliphatic heterocycles. The Morgan fingerprint density at radius 1 is 0.875 bits per heavy atom. The third-order valence-corrected chi connectivity index (χ3v) is 7.70. The van der Waals surface area contributed by atoms with Gasteiger partial charge in [-0.3, -0.25) is 9.36 Å². The first-order valence-electron chi connectivity index (χ1n) is 12.9. The summed E-state index contributed by atoms with van der Waals surface area (Å²) in [7, 11) is 0. The first-order valence-corrected chi connectivity index (χ1v) is 13.9. The molecule has 2 heterocycles. The molecule has 11 heteroatoms. The Morgan fingerprint density at radius 3 is 2.33 bits per heavy atom. The number of rotatable bonds is 8. The molecule has 0 saturated carbocycles. The van der Waals surface area contributed by atoms with Crippen molar-refractivity contribution in [2.45, 2.75) is 24.2 Å². The van der Waals surface area contributed by atoms with Crippen molar-refractivity contribution < 1.29 is 22.4 Å². The molecule has 1 amide bonds. The number of hydrogen-bond acceptors (Lipinski definition) is 5. The number of para-hydroxylation sites is 1. The Balaban J connectivity index is 1.22. The van der Waals surface area contributed by atoms with Gasteiger partial charge in [-0.25, -0.2) is 4.39 Å². The van der Waals surface area contributed by atoms with Crippen LogP contribution in [0.3, 0.4) is 0 Å². The number of aromatic nitrogens is 3. The average molecular weight is 570 g/mol. The van der Waals surface area contributed by atoms with Crippen molar-refractivity contribution in [2.24, 2.45) is 0 Å². The summed E-state index contributed by atoms with van der Waals surface area (Å²) in [6, 6.07) is 20.9. The largest absolute Gasteiger partial charge is 0.416 e. The van der Waals surface area contributed by atoms with Crippen molar-refractivity contribution in [3.63, 3.8) is 0 Å². The summed E-state index contributed by atoms with van der Waals surface area (Å²) >= 11 is 1.35. The van der Waals surface area contributed by atoms with E-state index in [1.165, 1.54) is 23.9 Å². The second-order valence-electron chi connectivity index (χ2n) is 9.33. The first kappa shape index (κ1) is 27.7. The summed E-state index contributed by atoms with van der Waals surface area (Å²) in [5, 5.41) is 9.01. The maximum atomic E-state index is 14.1. The molecule has 40 heavy (non-hydrogen) atoms. The number of alkyl halides is 3. The van der Waals surface area contributed by atoms with Crippen molar-refractivity contribution in [2.75, 3.05) is 36.8 Å².